The highest BCUT2D eigenvalue weighted by molar-refractivity contribution is 6.48. The van der Waals surface area contributed by atoms with E-state index in [4.69, 9.17) is 55.9 Å². The van der Waals surface area contributed by atoms with Crippen molar-refractivity contribution in [1.29, 1.82) is 0 Å². The van der Waals surface area contributed by atoms with Gasteiger partial charge in [0.05, 0.1) is 16.7 Å². The van der Waals surface area contributed by atoms with Crippen LogP contribution in [0.5, 0.6) is 5.75 Å². The minimum atomic E-state index is -0.429. The molecule has 4 nitrogen and oxygen atoms in total. The monoisotopic (exact) mass is 568 g/mol. The first kappa shape index (κ1) is 32.3. The van der Waals surface area contributed by atoms with Gasteiger partial charge < -0.3 is 9.47 Å². The van der Waals surface area contributed by atoms with Gasteiger partial charge in [0.2, 0.25) is 0 Å². The molecule has 0 aliphatic carbocycles. The Labute approximate surface area is 231 Å². The van der Waals surface area contributed by atoms with Crippen molar-refractivity contribution >= 4 is 58.3 Å². The second-order valence-electron chi connectivity index (χ2n) is 8.94. The predicted molar refractivity (Wildman–Crippen MR) is 147 cm³/mol. The fraction of sp³-hybridized carbons (Fsp3) is 0.704. The van der Waals surface area contributed by atoms with Crippen LogP contribution < -0.4 is 4.74 Å². The number of carbonyl (C=O) groups is 2. The summed E-state index contributed by atoms with van der Waals surface area (Å²) in [6.07, 6.45) is 17.4. The Kier molecular flexibility index (Phi) is 18.8. The molecule has 0 saturated heterocycles. The number of benzene rings is 1. The third-order valence-electron chi connectivity index (χ3n) is 5.81. The van der Waals surface area contributed by atoms with Crippen LogP contribution in [-0.4, -0.2) is 18.5 Å². The van der Waals surface area contributed by atoms with Gasteiger partial charge in [0.15, 0.2) is 5.75 Å². The van der Waals surface area contributed by atoms with Crippen molar-refractivity contribution in [2.45, 2.75) is 116 Å². The van der Waals surface area contributed by atoms with Crippen molar-refractivity contribution in [3.8, 4) is 5.75 Å². The largest absolute Gasteiger partial charge is 0.466 e. The molecule has 8 heteroatoms. The summed E-state index contributed by atoms with van der Waals surface area (Å²) in [5.74, 6) is -0.520. The average Bonchev–Trinajstić information content (AvgIpc) is 2.83. The first-order valence-corrected chi connectivity index (χ1v) is 14.6. The lowest BCUT2D eigenvalue weighted by atomic mass is 10.1. The summed E-state index contributed by atoms with van der Waals surface area (Å²) < 4.78 is 10.6. The van der Waals surface area contributed by atoms with E-state index in [9.17, 15) is 9.59 Å². The lowest BCUT2D eigenvalue weighted by Gasteiger charge is -2.10. The Balaban J connectivity index is 1.96. The van der Waals surface area contributed by atoms with E-state index in [-0.39, 0.29) is 38.2 Å². The molecule has 0 aliphatic rings. The van der Waals surface area contributed by atoms with E-state index in [0.29, 0.717) is 19.4 Å². The van der Waals surface area contributed by atoms with Gasteiger partial charge in [-0.05, 0) is 25.3 Å². The highest BCUT2D eigenvalue weighted by atomic mass is 35.5. The van der Waals surface area contributed by atoms with Crippen LogP contribution >= 0.6 is 46.4 Å². The van der Waals surface area contributed by atoms with Gasteiger partial charge in [-0.25, -0.2) is 0 Å². The molecule has 200 valence electrons. The Morgan fingerprint density at radius 1 is 0.629 bits per heavy atom. The Morgan fingerprint density at radius 2 is 1.06 bits per heavy atom. The van der Waals surface area contributed by atoms with Crippen molar-refractivity contribution < 1.29 is 19.1 Å². The van der Waals surface area contributed by atoms with Crippen LogP contribution in [0.15, 0.2) is 6.07 Å². The molecule has 0 amide bonds. The molecule has 0 saturated carbocycles. The normalized spacial score (nSPS) is 11.0. The number of ether oxygens (including phenoxy) is 2. The molecular formula is C27H40Cl4O4. The maximum Gasteiger partial charge on any atom is 0.311 e. The summed E-state index contributed by atoms with van der Waals surface area (Å²) >= 11 is 24.0. The lowest BCUT2D eigenvalue weighted by molar-refractivity contribution is -0.144. The van der Waals surface area contributed by atoms with Crippen LogP contribution in [0, 0.1) is 0 Å². The SMILES string of the molecule is CCCCCCCCCCCOC(=O)CCCCCCCCC(=O)Oc1c(Cl)c(Cl)cc(Cl)c1Cl. The van der Waals surface area contributed by atoms with Gasteiger partial charge in [-0.2, -0.15) is 0 Å². The first-order valence-electron chi connectivity index (χ1n) is 13.1. The first-order chi connectivity index (χ1) is 16.9. The van der Waals surface area contributed by atoms with Gasteiger partial charge in [-0.1, -0.05) is 130 Å². The molecule has 0 heterocycles. The van der Waals surface area contributed by atoms with Crippen LogP contribution in [0.25, 0.3) is 0 Å². The number of halogens is 4. The summed E-state index contributed by atoms with van der Waals surface area (Å²) in [6, 6.07) is 1.41. The van der Waals surface area contributed by atoms with E-state index in [0.717, 1.165) is 44.9 Å². The Hall–Kier alpha value is -0.680. The maximum absolute atomic E-state index is 12.1. The summed E-state index contributed by atoms with van der Waals surface area (Å²) in [5, 5.41) is 0.495. The van der Waals surface area contributed by atoms with Gasteiger partial charge in [0, 0.05) is 12.8 Å². The second kappa shape index (κ2) is 20.4. The molecular weight excluding hydrogens is 530 g/mol. The Morgan fingerprint density at radius 3 is 1.57 bits per heavy atom. The molecule has 0 N–H and O–H groups in total. The molecule has 0 bridgehead atoms. The minimum absolute atomic E-state index is 0.000485. The molecule has 1 aromatic carbocycles. The maximum atomic E-state index is 12.1. The fourth-order valence-corrected chi connectivity index (χ4v) is 4.59. The number of carbonyl (C=O) groups excluding carboxylic acids is 2. The van der Waals surface area contributed by atoms with Crippen molar-refractivity contribution in [2.24, 2.45) is 0 Å². The minimum Gasteiger partial charge on any atom is -0.466 e. The molecule has 0 atom stereocenters. The third-order valence-corrected chi connectivity index (χ3v) is 7.35. The molecule has 0 radical (unpaired) electrons. The molecule has 0 unspecified atom stereocenters. The topological polar surface area (TPSA) is 52.6 Å². The highest BCUT2D eigenvalue weighted by Gasteiger charge is 2.18. The number of unbranched alkanes of at least 4 members (excludes halogenated alkanes) is 13. The van der Waals surface area contributed by atoms with Gasteiger partial charge >= 0.3 is 11.9 Å². The van der Waals surface area contributed by atoms with Gasteiger partial charge in [-0.15, -0.1) is 0 Å². The van der Waals surface area contributed by atoms with Crippen molar-refractivity contribution in [1.82, 2.24) is 0 Å². The predicted octanol–water partition coefficient (Wildman–Crippen LogP) is 10.4. The third kappa shape index (κ3) is 15.2. The molecule has 0 spiro atoms. The Bertz CT molecular complexity index is 729. The highest BCUT2D eigenvalue weighted by Crippen LogP contribution is 2.43. The number of hydrogen-bond donors (Lipinski definition) is 0. The van der Waals surface area contributed by atoms with E-state index in [1.807, 2.05) is 0 Å². The number of esters is 2. The van der Waals surface area contributed by atoms with E-state index in [1.54, 1.807) is 0 Å². The zero-order valence-electron chi connectivity index (χ0n) is 21.0. The van der Waals surface area contributed by atoms with Crippen molar-refractivity contribution in [3.05, 3.63) is 26.2 Å². The second-order valence-corrected chi connectivity index (χ2v) is 10.5. The average molecular weight is 570 g/mol. The van der Waals surface area contributed by atoms with E-state index in [2.05, 4.69) is 6.92 Å². The van der Waals surface area contributed by atoms with E-state index < -0.39 is 5.97 Å². The summed E-state index contributed by atoms with van der Waals surface area (Å²) in [6.45, 7) is 2.78. The zero-order valence-corrected chi connectivity index (χ0v) is 24.0. The van der Waals surface area contributed by atoms with Crippen LogP contribution in [0.2, 0.25) is 20.1 Å². The van der Waals surface area contributed by atoms with Gasteiger partial charge in [-0.3, -0.25) is 9.59 Å². The van der Waals surface area contributed by atoms with Crippen LogP contribution in [0.1, 0.15) is 116 Å². The van der Waals surface area contributed by atoms with E-state index in [1.165, 1.54) is 51.0 Å². The lowest BCUT2D eigenvalue weighted by Crippen LogP contribution is -2.08. The van der Waals surface area contributed by atoms with E-state index >= 15 is 0 Å². The summed E-state index contributed by atoms with van der Waals surface area (Å²) in [4.78, 5) is 23.9. The van der Waals surface area contributed by atoms with Crippen LogP contribution in [0.4, 0.5) is 0 Å². The van der Waals surface area contributed by atoms with Gasteiger partial charge in [0.25, 0.3) is 0 Å². The van der Waals surface area contributed by atoms with Crippen molar-refractivity contribution in [3.63, 3.8) is 0 Å². The molecule has 1 aromatic rings. The molecule has 0 aliphatic heterocycles. The quantitative estimate of drug-likeness (QED) is 0.0678. The molecule has 0 fully saturated rings. The number of rotatable bonds is 20. The molecule has 1 rings (SSSR count). The summed E-state index contributed by atoms with van der Waals surface area (Å²) in [5.41, 5.74) is 0. The molecule has 35 heavy (non-hydrogen) atoms. The van der Waals surface area contributed by atoms with Crippen molar-refractivity contribution in [2.75, 3.05) is 6.61 Å². The number of hydrogen-bond acceptors (Lipinski definition) is 4. The van der Waals surface area contributed by atoms with Crippen LogP contribution in [0.3, 0.4) is 0 Å². The molecule has 0 aromatic heterocycles. The smallest absolute Gasteiger partial charge is 0.311 e. The standard InChI is InChI=1S/C27H40Cl4O4/c1-2-3-4-5-6-7-10-13-16-19-34-23(32)17-14-11-8-9-12-15-18-24(33)35-27-25(30)21(28)20-22(29)26(27)31/h20H,2-19H2,1H3. The fourth-order valence-electron chi connectivity index (χ4n) is 3.72. The van der Waals surface area contributed by atoms with Gasteiger partial charge in [0.1, 0.15) is 10.0 Å². The zero-order chi connectivity index (χ0) is 25.9. The summed E-state index contributed by atoms with van der Waals surface area (Å²) in [7, 11) is 0. The van der Waals surface area contributed by atoms with Crippen LogP contribution in [-0.2, 0) is 14.3 Å².